The molecule has 0 aliphatic carbocycles. The molecule has 10 nitrogen and oxygen atoms in total. The summed E-state index contributed by atoms with van der Waals surface area (Å²) in [6.07, 6.45) is 2.95. The second-order valence-corrected chi connectivity index (χ2v) is 10.5. The van der Waals surface area contributed by atoms with Crippen molar-refractivity contribution in [1.29, 1.82) is 0 Å². The number of amides is 3. The summed E-state index contributed by atoms with van der Waals surface area (Å²) in [7, 11) is 4.48. The van der Waals surface area contributed by atoms with Gasteiger partial charge in [0.1, 0.15) is 17.3 Å². The van der Waals surface area contributed by atoms with Crippen molar-refractivity contribution < 1.29 is 28.6 Å². The number of hydrogen-bond acceptors (Lipinski definition) is 8. The van der Waals surface area contributed by atoms with E-state index in [2.05, 4.69) is 20.9 Å². The van der Waals surface area contributed by atoms with Crippen molar-refractivity contribution >= 4 is 58.7 Å². The Bertz CT molecular complexity index is 1650. The van der Waals surface area contributed by atoms with Crippen LogP contribution in [0.2, 0.25) is 5.02 Å². The lowest BCUT2D eigenvalue weighted by Crippen LogP contribution is -2.30. The van der Waals surface area contributed by atoms with E-state index in [4.69, 9.17) is 25.8 Å². The number of carbonyl (C=O) groups excluding carboxylic acids is 3. The molecule has 0 unspecified atom stereocenters. The predicted octanol–water partition coefficient (Wildman–Crippen LogP) is 5.90. The van der Waals surface area contributed by atoms with Crippen LogP contribution in [-0.4, -0.2) is 49.8 Å². The van der Waals surface area contributed by atoms with Crippen molar-refractivity contribution in [3.63, 3.8) is 0 Å². The SMILES string of the molecule is COc1cc(OC)c(OC)cc1/C=C(\NC(=O)c1ccccc1)C(=O)Nc1ccc(SCC(=O)Nc2ccc(Cl)cn2)cc1. The summed E-state index contributed by atoms with van der Waals surface area (Å²) >= 11 is 7.15. The highest BCUT2D eigenvalue weighted by atomic mass is 35.5. The van der Waals surface area contributed by atoms with Gasteiger partial charge < -0.3 is 30.2 Å². The number of methoxy groups -OCH3 is 3. The number of benzene rings is 3. The van der Waals surface area contributed by atoms with Crippen molar-refractivity contribution in [1.82, 2.24) is 10.3 Å². The van der Waals surface area contributed by atoms with Crippen molar-refractivity contribution in [3.05, 3.63) is 107 Å². The fraction of sp³-hybridized carbons (Fsp3) is 0.125. The predicted molar refractivity (Wildman–Crippen MR) is 172 cm³/mol. The molecule has 226 valence electrons. The zero-order chi connectivity index (χ0) is 31.5. The van der Waals surface area contributed by atoms with Gasteiger partial charge in [-0.1, -0.05) is 29.8 Å². The lowest BCUT2D eigenvalue weighted by atomic mass is 10.1. The van der Waals surface area contributed by atoms with Crippen LogP contribution >= 0.6 is 23.4 Å². The van der Waals surface area contributed by atoms with E-state index in [0.29, 0.717) is 44.9 Å². The van der Waals surface area contributed by atoms with Crippen LogP contribution in [-0.2, 0) is 9.59 Å². The highest BCUT2D eigenvalue weighted by Gasteiger charge is 2.18. The van der Waals surface area contributed by atoms with Crippen LogP contribution in [0.15, 0.2) is 95.7 Å². The smallest absolute Gasteiger partial charge is 0.272 e. The van der Waals surface area contributed by atoms with Crippen molar-refractivity contribution in [3.8, 4) is 17.2 Å². The molecule has 0 aliphatic rings. The molecule has 4 aromatic rings. The van der Waals surface area contributed by atoms with E-state index < -0.39 is 11.8 Å². The Kier molecular flexibility index (Phi) is 11.2. The van der Waals surface area contributed by atoms with Gasteiger partial charge in [-0.25, -0.2) is 4.98 Å². The van der Waals surface area contributed by atoms with Crippen molar-refractivity contribution in [2.24, 2.45) is 0 Å². The number of thioether (sulfide) groups is 1. The van der Waals surface area contributed by atoms with Gasteiger partial charge in [-0.2, -0.15) is 0 Å². The van der Waals surface area contributed by atoms with Crippen LogP contribution in [0.1, 0.15) is 15.9 Å². The van der Waals surface area contributed by atoms with Crippen LogP contribution in [0.3, 0.4) is 0 Å². The molecule has 0 aliphatic heterocycles. The summed E-state index contributed by atoms with van der Waals surface area (Å²) in [6.45, 7) is 0. The first-order valence-corrected chi connectivity index (χ1v) is 14.5. The molecule has 0 spiro atoms. The number of aromatic nitrogens is 1. The van der Waals surface area contributed by atoms with Crippen LogP contribution in [0.4, 0.5) is 11.5 Å². The number of anilines is 2. The number of ether oxygens (including phenoxy) is 3. The molecule has 0 atom stereocenters. The molecule has 0 bridgehead atoms. The third-order valence-electron chi connectivity index (χ3n) is 6.04. The van der Waals surface area contributed by atoms with Gasteiger partial charge >= 0.3 is 0 Å². The molecule has 3 aromatic carbocycles. The van der Waals surface area contributed by atoms with Crippen LogP contribution < -0.4 is 30.2 Å². The maximum absolute atomic E-state index is 13.5. The Morgan fingerprint density at radius 1 is 0.841 bits per heavy atom. The van der Waals surface area contributed by atoms with Gasteiger partial charge in [0.25, 0.3) is 11.8 Å². The fourth-order valence-electron chi connectivity index (χ4n) is 3.87. The molecule has 0 saturated carbocycles. The highest BCUT2D eigenvalue weighted by Crippen LogP contribution is 2.35. The van der Waals surface area contributed by atoms with Crippen LogP contribution in [0.5, 0.6) is 17.2 Å². The average Bonchev–Trinajstić information content (AvgIpc) is 3.05. The molecule has 0 saturated heterocycles. The second-order valence-electron chi connectivity index (χ2n) is 9.00. The molecule has 12 heteroatoms. The lowest BCUT2D eigenvalue weighted by molar-refractivity contribution is -0.114. The number of hydrogen-bond donors (Lipinski definition) is 3. The molecular weight excluding hydrogens is 604 g/mol. The first-order valence-electron chi connectivity index (χ1n) is 13.1. The molecule has 4 rings (SSSR count). The third-order valence-corrected chi connectivity index (χ3v) is 7.28. The van der Waals surface area contributed by atoms with Crippen LogP contribution in [0, 0.1) is 0 Å². The minimum atomic E-state index is -0.568. The summed E-state index contributed by atoms with van der Waals surface area (Å²) in [6, 6.07) is 22.0. The van der Waals surface area contributed by atoms with E-state index in [-0.39, 0.29) is 17.4 Å². The molecule has 3 amide bonds. The van der Waals surface area contributed by atoms with E-state index >= 15 is 0 Å². The van der Waals surface area contributed by atoms with Gasteiger partial charge in [0.15, 0.2) is 11.5 Å². The first kappa shape index (κ1) is 31.9. The normalized spacial score (nSPS) is 10.9. The molecule has 0 fully saturated rings. The Morgan fingerprint density at radius 2 is 1.52 bits per heavy atom. The quantitative estimate of drug-likeness (QED) is 0.130. The maximum Gasteiger partial charge on any atom is 0.272 e. The van der Waals surface area contributed by atoms with E-state index in [9.17, 15) is 14.4 Å². The number of pyridine rings is 1. The third kappa shape index (κ3) is 8.76. The monoisotopic (exact) mass is 632 g/mol. The molecule has 3 N–H and O–H groups in total. The molecule has 1 aromatic heterocycles. The van der Waals surface area contributed by atoms with E-state index in [1.54, 1.807) is 78.9 Å². The zero-order valence-corrected chi connectivity index (χ0v) is 25.6. The van der Waals surface area contributed by atoms with Gasteiger partial charge in [0, 0.05) is 34.0 Å². The topological polar surface area (TPSA) is 128 Å². The second kappa shape index (κ2) is 15.5. The summed E-state index contributed by atoms with van der Waals surface area (Å²) < 4.78 is 16.3. The standard InChI is InChI=1S/C32H29ClN4O6S/c1-41-26-17-28(43-3)27(42-2)16-21(26)15-25(36-31(39)20-7-5-4-6-8-20)32(40)35-23-10-12-24(13-11-23)44-19-30(38)37-29-14-9-22(33)18-34-29/h4-18H,19H2,1-3H3,(H,35,40)(H,36,39)(H,34,37,38)/b25-15-. The largest absolute Gasteiger partial charge is 0.496 e. The Morgan fingerprint density at radius 3 is 2.16 bits per heavy atom. The summed E-state index contributed by atoms with van der Waals surface area (Å²) in [5.41, 5.74) is 1.30. The van der Waals surface area contributed by atoms with Gasteiger partial charge in [-0.3, -0.25) is 14.4 Å². The summed E-state index contributed by atoms with van der Waals surface area (Å²) in [4.78, 5) is 43.7. The van der Waals surface area contributed by atoms with Crippen LogP contribution in [0.25, 0.3) is 6.08 Å². The van der Waals surface area contributed by atoms with Gasteiger partial charge in [0.05, 0.1) is 32.1 Å². The van der Waals surface area contributed by atoms with Crippen molar-refractivity contribution in [2.45, 2.75) is 4.90 Å². The Labute approximate surface area is 263 Å². The minimum absolute atomic E-state index is 0.0321. The van der Waals surface area contributed by atoms with Gasteiger partial charge in [-0.05, 0) is 60.7 Å². The average molecular weight is 633 g/mol. The molecule has 44 heavy (non-hydrogen) atoms. The number of nitrogens with zero attached hydrogens (tertiary/aromatic N) is 1. The lowest BCUT2D eigenvalue weighted by Gasteiger charge is -2.15. The molecule has 1 heterocycles. The van der Waals surface area contributed by atoms with Gasteiger partial charge in [0.2, 0.25) is 5.91 Å². The van der Waals surface area contributed by atoms with Crippen molar-refractivity contribution in [2.75, 3.05) is 37.7 Å². The summed E-state index contributed by atoms with van der Waals surface area (Å²) in [5.74, 6) is 0.564. The first-order chi connectivity index (χ1) is 21.3. The fourth-order valence-corrected chi connectivity index (χ4v) is 4.68. The van der Waals surface area contributed by atoms with E-state index in [0.717, 1.165) is 4.90 Å². The maximum atomic E-state index is 13.5. The van der Waals surface area contributed by atoms with Gasteiger partial charge in [-0.15, -0.1) is 11.8 Å². The molecular formula is C32H29ClN4O6S. The molecule has 0 radical (unpaired) electrons. The Balaban J connectivity index is 1.50. The minimum Gasteiger partial charge on any atom is -0.496 e. The summed E-state index contributed by atoms with van der Waals surface area (Å²) in [5, 5.41) is 8.70. The number of carbonyl (C=O) groups is 3. The van der Waals surface area contributed by atoms with E-state index in [1.165, 1.54) is 45.4 Å². The zero-order valence-electron chi connectivity index (χ0n) is 24.1. The number of halogens is 1. The number of nitrogens with one attached hydrogen (secondary N) is 3. The number of rotatable bonds is 12. The van der Waals surface area contributed by atoms with E-state index in [1.807, 2.05) is 0 Å². The highest BCUT2D eigenvalue weighted by molar-refractivity contribution is 8.00. The Hall–Kier alpha value is -5.00.